The number of nitrogens with zero attached hydrogens (tertiary/aromatic N) is 1. The van der Waals surface area contributed by atoms with Crippen molar-refractivity contribution in [3.05, 3.63) is 59.7 Å². The van der Waals surface area contributed by atoms with Crippen molar-refractivity contribution >= 4 is 20.0 Å². The fraction of sp³-hybridized carbons (Fsp3) is 0.400. The molecule has 0 saturated carbocycles. The number of benzene rings is 2. The van der Waals surface area contributed by atoms with Gasteiger partial charge in [-0.2, -0.15) is 4.31 Å². The lowest BCUT2D eigenvalue weighted by Gasteiger charge is -2.34. The molecule has 1 aliphatic heterocycles. The first-order valence-electron chi connectivity index (χ1n) is 9.64. The zero-order chi connectivity index (χ0) is 21.9. The molecule has 0 amide bonds. The minimum atomic E-state index is -4.18. The summed E-state index contributed by atoms with van der Waals surface area (Å²) in [7, 11) is -7.88. The summed E-state index contributed by atoms with van der Waals surface area (Å²) in [4.78, 5) is -0.439. The number of hydrogen-bond donors (Lipinski definition) is 1. The van der Waals surface area contributed by atoms with Gasteiger partial charge in [0.1, 0.15) is 16.5 Å². The van der Waals surface area contributed by atoms with Crippen LogP contribution < -0.4 is 4.72 Å². The van der Waals surface area contributed by atoms with Gasteiger partial charge in [0.2, 0.25) is 20.0 Å². The van der Waals surface area contributed by atoms with Crippen molar-refractivity contribution in [3.63, 3.8) is 0 Å². The van der Waals surface area contributed by atoms with Gasteiger partial charge in [-0.25, -0.2) is 30.3 Å². The molecule has 2 aromatic carbocycles. The van der Waals surface area contributed by atoms with Crippen LogP contribution in [0.25, 0.3) is 0 Å². The summed E-state index contributed by atoms with van der Waals surface area (Å²) < 4.78 is 81.4. The zero-order valence-corrected chi connectivity index (χ0v) is 18.1. The summed E-state index contributed by atoms with van der Waals surface area (Å²) >= 11 is 0. The number of hydrogen-bond acceptors (Lipinski definition) is 4. The molecule has 0 spiro atoms. The topological polar surface area (TPSA) is 83.6 Å². The molecule has 6 nitrogen and oxygen atoms in total. The van der Waals surface area contributed by atoms with Crippen LogP contribution in [0.3, 0.4) is 0 Å². The third-order valence-electron chi connectivity index (χ3n) is 5.15. The van der Waals surface area contributed by atoms with E-state index in [0.29, 0.717) is 19.0 Å². The van der Waals surface area contributed by atoms with Gasteiger partial charge >= 0.3 is 0 Å². The molecule has 164 valence electrons. The summed E-state index contributed by atoms with van der Waals surface area (Å²) in [6.07, 6.45) is 2.42. The number of aryl methyl sites for hydroxylation is 1. The van der Waals surface area contributed by atoms with E-state index in [0.717, 1.165) is 30.5 Å². The molecule has 0 aliphatic carbocycles. The maximum Gasteiger partial charge on any atom is 0.243 e. The summed E-state index contributed by atoms with van der Waals surface area (Å²) in [5, 5.41) is 0. The second kappa shape index (κ2) is 9.09. The molecule has 1 heterocycles. The maximum absolute atomic E-state index is 13.8. The minimum Gasteiger partial charge on any atom is -0.211 e. The Kier molecular flexibility index (Phi) is 6.91. The van der Waals surface area contributed by atoms with E-state index < -0.39 is 36.6 Å². The monoisotopic (exact) mass is 458 g/mol. The highest BCUT2D eigenvalue weighted by Gasteiger charge is 2.33. The molecular weight excluding hydrogens is 434 g/mol. The Morgan fingerprint density at radius 2 is 1.73 bits per heavy atom. The second-order valence-corrected chi connectivity index (χ2v) is 11.0. The third kappa shape index (κ3) is 5.05. The number of nitrogens with one attached hydrogen (secondary N) is 1. The largest absolute Gasteiger partial charge is 0.243 e. The lowest BCUT2D eigenvalue weighted by atomic mass is 10.0. The quantitative estimate of drug-likeness (QED) is 0.691. The van der Waals surface area contributed by atoms with Crippen LogP contribution in [0.15, 0.2) is 52.3 Å². The lowest BCUT2D eigenvalue weighted by molar-refractivity contribution is 0.242. The Labute approximate surface area is 176 Å². The second-order valence-electron chi connectivity index (χ2n) is 7.34. The lowest BCUT2D eigenvalue weighted by Crippen LogP contribution is -2.45. The standard InChI is InChI=1S/C20H24F2N2O4S2/c1-15-5-8-18(9-6-15)30(27,28)24-13-3-2-4-17(24)11-12-23-29(25,26)20-10-7-16(21)14-19(20)22/h5-10,14,17,23H,2-4,11-13H2,1H3. The van der Waals surface area contributed by atoms with E-state index >= 15 is 0 Å². The Morgan fingerprint density at radius 1 is 1.03 bits per heavy atom. The zero-order valence-electron chi connectivity index (χ0n) is 16.5. The van der Waals surface area contributed by atoms with Crippen LogP contribution in [0.2, 0.25) is 0 Å². The first kappa shape index (κ1) is 22.8. The predicted octanol–water partition coefficient (Wildman–Crippen LogP) is 3.19. The van der Waals surface area contributed by atoms with Crippen molar-refractivity contribution in [1.82, 2.24) is 9.03 Å². The Bertz CT molecular complexity index is 1100. The summed E-state index contributed by atoms with van der Waals surface area (Å²) in [6.45, 7) is 2.17. The molecular formula is C20H24F2N2O4S2. The van der Waals surface area contributed by atoms with Crippen molar-refractivity contribution in [2.75, 3.05) is 13.1 Å². The molecule has 3 rings (SSSR count). The summed E-state index contributed by atoms with van der Waals surface area (Å²) in [5.74, 6) is -2.05. The van der Waals surface area contributed by atoms with E-state index in [1.54, 1.807) is 24.3 Å². The number of halogens is 2. The van der Waals surface area contributed by atoms with Crippen molar-refractivity contribution in [2.24, 2.45) is 0 Å². The first-order valence-corrected chi connectivity index (χ1v) is 12.6. The predicted molar refractivity (Wildman–Crippen MR) is 109 cm³/mol. The number of rotatable bonds is 7. The van der Waals surface area contributed by atoms with Gasteiger partial charge in [-0.3, -0.25) is 0 Å². The van der Waals surface area contributed by atoms with E-state index in [4.69, 9.17) is 0 Å². The Morgan fingerprint density at radius 3 is 2.40 bits per heavy atom. The molecule has 1 N–H and O–H groups in total. The van der Waals surface area contributed by atoms with Crippen LogP contribution in [-0.2, 0) is 20.0 Å². The van der Waals surface area contributed by atoms with E-state index in [1.807, 2.05) is 6.92 Å². The molecule has 1 unspecified atom stereocenters. The van der Waals surface area contributed by atoms with Crippen molar-refractivity contribution in [3.8, 4) is 0 Å². The van der Waals surface area contributed by atoms with Crippen molar-refractivity contribution in [1.29, 1.82) is 0 Å². The van der Waals surface area contributed by atoms with Crippen molar-refractivity contribution < 1.29 is 25.6 Å². The maximum atomic E-state index is 13.8. The van der Waals surface area contributed by atoms with Crippen LogP contribution in [0.5, 0.6) is 0 Å². The van der Waals surface area contributed by atoms with Gasteiger partial charge in [0.15, 0.2) is 0 Å². The first-order chi connectivity index (χ1) is 14.1. The molecule has 1 saturated heterocycles. The highest BCUT2D eigenvalue weighted by Crippen LogP contribution is 2.27. The average Bonchev–Trinajstić information content (AvgIpc) is 2.68. The van der Waals surface area contributed by atoms with Crippen LogP contribution in [0.1, 0.15) is 31.2 Å². The third-order valence-corrected chi connectivity index (χ3v) is 8.61. The molecule has 0 bridgehead atoms. The van der Waals surface area contributed by atoms with E-state index in [2.05, 4.69) is 4.72 Å². The van der Waals surface area contributed by atoms with Crippen LogP contribution in [-0.4, -0.2) is 40.3 Å². The van der Waals surface area contributed by atoms with E-state index in [9.17, 15) is 25.6 Å². The van der Waals surface area contributed by atoms with Crippen LogP contribution in [0.4, 0.5) is 8.78 Å². The van der Waals surface area contributed by atoms with E-state index in [-0.39, 0.29) is 23.9 Å². The molecule has 30 heavy (non-hydrogen) atoms. The Hall–Kier alpha value is -1.88. The van der Waals surface area contributed by atoms with E-state index in [1.165, 1.54) is 4.31 Å². The fourth-order valence-corrected chi connectivity index (χ4v) is 6.38. The molecule has 1 aliphatic rings. The summed E-state index contributed by atoms with van der Waals surface area (Å²) in [5.41, 5.74) is 0.951. The SMILES string of the molecule is Cc1ccc(S(=O)(=O)N2CCCCC2CCNS(=O)(=O)c2ccc(F)cc2F)cc1. The van der Waals surface area contributed by atoms with Gasteiger partial charge in [-0.15, -0.1) is 0 Å². The summed E-state index contributed by atoms with van der Waals surface area (Å²) in [6, 6.07) is 8.47. The molecule has 1 atom stereocenters. The highest BCUT2D eigenvalue weighted by atomic mass is 32.2. The normalized spacial score (nSPS) is 18.4. The fourth-order valence-electron chi connectivity index (χ4n) is 3.56. The van der Waals surface area contributed by atoms with Gasteiger partial charge in [0, 0.05) is 25.2 Å². The average molecular weight is 459 g/mol. The van der Waals surface area contributed by atoms with Crippen LogP contribution in [0, 0.1) is 18.6 Å². The van der Waals surface area contributed by atoms with Gasteiger partial charge in [0.25, 0.3) is 0 Å². The molecule has 2 aromatic rings. The van der Waals surface area contributed by atoms with Crippen molar-refractivity contribution in [2.45, 2.75) is 48.4 Å². The molecule has 0 aromatic heterocycles. The number of sulfonamides is 2. The Balaban J connectivity index is 1.71. The molecule has 0 radical (unpaired) electrons. The molecule has 1 fully saturated rings. The van der Waals surface area contributed by atoms with Gasteiger partial charge < -0.3 is 0 Å². The molecule has 10 heteroatoms. The van der Waals surface area contributed by atoms with Gasteiger partial charge in [0.05, 0.1) is 4.90 Å². The van der Waals surface area contributed by atoms with Gasteiger partial charge in [-0.1, -0.05) is 24.1 Å². The van der Waals surface area contributed by atoms with Gasteiger partial charge in [-0.05, 0) is 50.5 Å². The smallest absolute Gasteiger partial charge is 0.211 e. The minimum absolute atomic E-state index is 0.0657. The van der Waals surface area contributed by atoms with Crippen LogP contribution >= 0.6 is 0 Å². The highest BCUT2D eigenvalue weighted by molar-refractivity contribution is 7.89. The number of piperidine rings is 1.